The highest BCUT2D eigenvalue weighted by atomic mass is 32.2. The summed E-state index contributed by atoms with van der Waals surface area (Å²) >= 11 is 0. The Labute approximate surface area is 142 Å². The Hall–Kier alpha value is -2.35. The van der Waals surface area contributed by atoms with Crippen molar-refractivity contribution < 1.29 is 13.2 Å². The number of aromatic nitrogens is 2. The highest BCUT2D eigenvalue weighted by Crippen LogP contribution is 2.11. The molecule has 0 spiro atoms. The molecule has 2 aromatic rings. The van der Waals surface area contributed by atoms with Crippen LogP contribution in [0, 0.1) is 0 Å². The van der Waals surface area contributed by atoms with Crippen LogP contribution in [0.1, 0.15) is 30.0 Å². The SMILES string of the molecule is CCc1nccn1CCNC(=O)c1ccc(NS(=O)(=O)CC)cc1. The number of aryl methyl sites for hydroxylation is 1. The van der Waals surface area contributed by atoms with Crippen molar-refractivity contribution in [3.05, 3.63) is 48.0 Å². The second-order valence-electron chi connectivity index (χ2n) is 5.23. The summed E-state index contributed by atoms with van der Waals surface area (Å²) < 4.78 is 27.4. The van der Waals surface area contributed by atoms with E-state index in [4.69, 9.17) is 0 Å². The minimum Gasteiger partial charge on any atom is -0.350 e. The number of carbonyl (C=O) groups is 1. The summed E-state index contributed by atoms with van der Waals surface area (Å²) in [6, 6.07) is 6.34. The van der Waals surface area contributed by atoms with Crippen molar-refractivity contribution >= 4 is 21.6 Å². The maximum atomic E-state index is 12.1. The van der Waals surface area contributed by atoms with E-state index in [1.165, 1.54) is 0 Å². The number of benzene rings is 1. The number of nitrogens with zero attached hydrogens (tertiary/aromatic N) is 2. The van der Waals surface area contributed by atoms with E-state index in [2.05, 4.69) is 15.0 Å². The number of hydrogen-bond acceptors (Lipinski definition) is 4. The van der Waals surface area contributed by atoms with E-state index >= 15 is 0 Å². The van der Waals surface area contributed by atoms with Crippen LogP contribution in [-0.4, -0.2) is 36.2 Å². The lowest BCUT2D eigenvalue weighted by Crippen LogP contribution is -2.27. The Morgan fingerprint density at radius 3 is 2.54 bits per heavy atom. The molecular formula is C16H22N4O3S. The van der Waals surface area contributed by atoms with Crippen LogP contribution < -0.4 is 10.0 Å². The highest BCUT2D eigenvalue weighted by molar-refractivity contribution is 7.92. The molecule has 130 valence electrons. The van der Waals surface area contributed by atoms with E-state index in [9.17, 15) is 13.2 Å². The van der Waals surface area contributed by atoms with Gasteiger partial charge in [0.2, 0.25) is 10.0 Å². The summed E-state index contributed by atoms with van der Waals surface area (Å²) in [4.78, 5) is 16.3. The fourth-order valence-electron chi connectivity index (χ4n) is 2.19. The molecule has 0 unspecified atom stereocenters. The molecule has 2 rings (SSSR count). The smallest absolute Gasteiger partial charge is 0.251 e. The van der Waals surface area contributed by atoms with Gasteiger partial charge in [-0.1, -0.05) is 6.92 Å². The summed E-state index contributed by atoms with van der Waals surface area (Å²) in [5.41, 5.74) is 0.926. The zero-order valence-corrected chi connectivity index (χ0v) is 14.6. The Bertz CT molecular complexity index is 782. The number of carbonyl (C=O) groups excluding carboxylic acids is 1. The maximum Gasteiger partial charge on any atom is 0.251 e. The number of rotatable bonds is 8. The molecule has 24 heavy (non-hydrogen) atoms. The van der Waals surface area contributed by atoms with Crippen molar-refractivity contribution in [3.63, 3.8) is 0 Å². The molecule has 8 heteroatoms. The van der Waals surface area contributed by atoms with Crippen LogP contribution >= 0.6 is 0 Å². The molecule has 0 fully saturated rings. The first kappa shape index (κ1) is 18.0. The molecule has 0 aliphatic rings. The van der Waals surface area contributed by atoms with Crippen LogP contribution in [0.5, 0.6) is 0 Å². The van der Waals surface area contributed by atoms with Crippen molar-refractivity contribution in [2.45, 2.75) is 26.8 Å². The Balaban J connectivity index is 1.88. The van der Waals surface area contributed by atoms with E-state index in [-0.39, 0.29) is 11.7 Å². The zero-order chi connectivity index (χ0) is 17.6. The van der Waals surface area contributed by atoms with Crippen LogP contribution in [0.2, 0.25) is 0 Å². The third-order valence-corrected chi connectivity index (χ3v) is 4.86. The van der Waals surface area contributed by atoms with E-state index < -0.39 is 10.0 Å². The second kappa shape index (κ2) is 7.96. The molecule has 2 N–H and O–H groups in total. The summed E-state index contributed by atoms with van der Waals surface area (Å²) in [6.07, 6.45) is 4.48. The van der Waals surface area contributed by atoms with E-state index in [1.54, 1.807) is 37.4 Å². The molecule has 0 aliphatic heterocycles. The minimum atomic E-state index is -3.31. The largest absolute Gasteiger partial charge is 0.350 e. The predicted octanol–water partition coefficient (Wildman–Crippen LogP) is 1.64. The van der Waals surface area contributed by atoms with Crippen LogP contribution in [0.4, 0.5) is 5.69 Å². The van der Waals surface area contributed by atoms with Crippen LogP contribution in [-0.2, 0) is 23.0 Å². The molecule has 0 atom stereocenters. The van der Waals surface area contributed by atoms with Gasteiger partial charge in [-0.15, -0.1) is 0 Å². The molecule has 0 bridgehead atoms. The van der Waals surface area contributed by atoms with Gasteiger partial charge < -0.3 is 9.88 Å². The molecule has 0 saturated heterocycles. The van der Waals surface area contributed by atoms with Gasteiger partial charge in [0.15, 0.2) is 0 Å². The molecule has 0 saturated carbocycles. The molecule has 7 nitrogen and oxygen atoms in total. The average Bonchev–Trinajstić information content (AvgIpc) is 3.02. The number of imidazole rings is 1. The van der Waals surface area contributed by atoms with Crippen molar-refractivity contribution in [2.75, 3.05) is 17.0 Å². The molecule has 0 aliphatic carbocycles. The third kappa shape index (κ3) is 4.82. The second-order valence-corrected chi connectivity index (χ2v) is 7.24. The molecule has 1 amide bonds. The fraction of sp³-hybridized carbons (Fsp3) is 0.375. The summed E-state index contributed by atoms with van der Waals surface area (Å²) in [5.74, 6) is 0.790. The van der Waals surface area contributed by atoms with E-state index in [0.717, 1.165) is 12.2 Å². The van der Waals surface area contributed by atoms with E-state index in [0.29, 0.717) is 24.3 Å². The quantitative estimate of drug-likeness (QED) is 0.757. The van der Waals surface area contributed by atoms with Gasteiger partial charge in [-0.2, -0.15) is 0 Å². The standard InChI is InChI=1S/C16H22N4O3S/c1-3-15-17-9-11-20(15)12-10-18-16(21)13-5-7-14(8-6-13)19-24(22,23)4-2/h5-9,11,19H,3-4,10,12H2,1-2H3,(H,18,21). The van der Waals surface area contributed by atoms with Gasteiger partial charge in [0.25, 0.3) is 5.91 Å². The lowest BCUT2D eigenvalue weighted by Gasteiger charge is -2.09. The zero-order valence-electron chi connectivity index (χ0n) is 13.8. The third-order valence-electron chi connectivity index (χ3n) is 3.56. The normalized spacial score (nSPS) is 11.2. The molecule has 1 aromatic heterocycles. The lowest BCUT2D eigenvalue weighted by molar-refractivity contribution is 0.0952. The minimum absolute atomic E-state index is 0.00321. The summed E-state index contributed by atoms with van der Waals surface area (Å²) in [6.45, 7) is 4.75. The number of anilines is 1. The van der Waals surface area contributed by atoms with E-state index in [1.807, 2.05) is 17.7 Å². The van der Waals surface area contributed by atoms with Crippen molar-refractivity contribution in [3.8, 4) is 0 Å². The van der Waals surface area contributed by atoms with Crippen molar-refractivity contribution in [2.24, 2.45) is 0 Å². The Morgan fingerprint density at radius 2 is 1.92 bits per heavy atom. The molecule has 0 radical (unpaired) electrons. The van der Waals surface area contributed by atoms with Gasteiger partial charge in [-0.05, 0) is 31.2 Å². The Morgan fingerprint density at radius 1 is 1.21 bits per heavy atom. The van der Waals surface area contributed by atoms with Crippen LogP contribution in [0.3, 0.4) is 0 Å². The highest BCUT2D eigenvalue weighted by Gasteiger charge is 2.09. The summed E-state index contributed by atoms with van der Waals surface area (Å²) in [7, 11) is -3.31. The fourth-order valence-corrected chi connectivity index (χ4v) is 2.83. The predicted molar refractivity (Wildman–Crippen MR) is 93.5 cm³/mol. The van der Waals surface area contributed by atoms with Gasteiger partial charge in [0.1, 0.15) is 5.82 Å². The number of sulfonamides is 1. The van der Waals surface area contributed by atoms with Gasteiger partial charge in [-0.3, -0.25) is 9.52 Å². The van der Waals surface area contributed by atoms with Crippen molar-refractivity contribution in [1.82, 2.24) is 14.9 Å². The number of hydrogen-bond donors (Lipinski definition) is 2. The maximum absolute atomic E-state index is 12.1. The number of amides is 1. The van der Waals surface area contributed by atoms with Gasteiger partial charge in [0.05, 0.1) is 5.75 Å². The first-order chi connectivity index (χ1) is 11.4. The van der Waals surface area contributed by atoms with Crippen LogP contribution in [0.15, 0.2) is 36.7 Å². The molecule has 1 aromatic carbocycles. The first-order valence-corrected chi connectivity index (χ1v) is 9.49. The Kier molecular flexibility index (Phi) is 5.97. The summed E-state index contributed by atoms with van der Waals surface area (Å²) in [5, 5.41) is 2.84. The van der Waals surface area contributed by atoms with Gasteiger partial charge in [-0.25, -0.2) is 13.4 Å². The van der Waals surface area contributed by atoms with Gasteiger partial charge >= 0.3 is 0 Å². The van der Waals surface area contributed by atoms with Gasteiger partial charge in [0, 0.05) is 43.2 Å². The molecule has 1 heterocycles. The monoisotopic (exact) mass is 350 g/mol. The average molecular weight is 350 g/mol. The van der Waals surface area contributed by atoms with Crippen LogP contribution in [0.25, 0.3) is 0 Å². The molecular weight excluding hydrogens is 328 g/mol. The van der Waals surface area contributed by atoms with Crippen molar-refractivity contribution in [1.29, 1.82) is 0 Å². The first-order valence-electron chi connectivity index (χ1n) is 7.84. The lowest BCUT2D eigenvalue weighted by atomic mass is 10.2. The number of nitrogens with one attached hydrogen (secondary N) is 2. The topological polar surface area (TPSA) is 93.1 Å².